The minimum absolute atomic E-state index is 0.137. The largest absolute Gasteiger partial charge is 0.493 e. The molecule has 0 unspecified atom stereocenters. The smallest absolute Gasteiger partial charge is 0.231 e. The third-order valence-corrected chi connectivity index (χ3v) is 3.86. The van der Waals surface area contributed by atoms with Crippen molar-refractivity contribution in [2.24, 2.45) is 5.92 Å². The predicted octanol–water partition coefficient (Wildman–Crippen LogP) is 2.66. The Hall–Kier alpha value is -3.03. The lowest BCUT2D eigenvalue weighted by atomic mass is 10.1. The van der Waals surface area contributed by atoms with Crippen LogP contribution >= 0.6 is 0 Å². The number of hydrogen-bond donors (Lipinski definition) is 2. The molecular formula is C19H26N4O4. The molecule has 8 heteroatoms. The first-order chi connectivity index (χ1) is 12.9. The van der Waals surface area contributed by atoms with Crippen molar-refractivity contribution < 1.29 is 19.0 Å². The molecule has 0 spiro atoms. The van der Waals surface area contributed by atoms with Gasteiger partial charge in [-0.3, -0.25) is 10.1 Å². The average molecular weight is 374 g/mol. The van der Waals surface area contributed by atoms with Gasteiger partial charge in [0, 0.05) is 24.6 Å². The minimum atomic E-state index is -0.137. The van der Waals surface area contributed by atoms with Gasteiger partial charge < -0.3 is 19.9 Å². The summed E-state index contributed by atoms with van der Waals surface area (Å²) in [5.74, 6) is 2.26. The zero-order chi connectivity index (χ0) is 20.0. The van der Waals surface area contributed by atoms with E-state index in [1.54, 1.807) is 27.5 Å². The van der Waals surface area contributed by atoms with E-state index in [9.17, 15) is 4.79 Å². The molecule has 1 heterocycles. The van der Waals surface area contributed by atoms with Crippen LogP contribution in [0.4, 0.5) is 11.8 Å². The number of nitrogen functional groups attached to an aromatic ring is 1. The number of methoxy groups -OCH3 is 3. The first-order valence-corrected chi connectivity index (χ1v) is 8.58. The first kappa shape index (κ1) is 20.3. The molecule has 0 aliphatic rings. The Morgan fingerprint density at radius 2 is 1.78 bits per heavy atom. The SMILES string of the molecule is COc1cc(Cc2cnc(NC(=O)CC(C)C)nc2N)cc(OC)c1OC. The maximum Gasteiger partial charge on any atom is 0.231 e. The van der Waals surface area contributed by atoms with Gasteiger partial charge >= 0.3 is 0 Å². The second-order valence-electron chi connectivity index (χ2n) is 6.46. The molecule has 0 saturated heterocycles. The number of aromatic nitrogens is 2. The molecule has 1 aromatic carbocycles. The summed E-state index contributed by atoms with van der Waals surface area (Å²) in [5, 5.41) is 2.66. The van der Waals surface area contributed by atoms with Gasteiger partial charge in [-0.25, -0.2) is 4.98 Å². The summed E-state index contributed by atoms with van der Waals surface area (Å²) in [5.41, 5.74) is 7.68. The van der Waals surface area contributed by atoms with Crippen molar-refractivity contribution in [1.29, 1.82) is 0 Å². The monoisotopic (exact) mass is 374 g/mol. The number of nitrogens with one attached hydrogen (secondary N) is 1. The Balaban J connectivity index is 2.21. The van der Waals surface area contributed by atoms with Gasteiger partial charge in [0.25, 0.3) is 0 Å². The van der Waals surface area contributed by atoms with Gasteiger partial charge in [0.2, 0.25) is 17.6 Å². The molecule has 0 fully saturated rings. The van der Waals surface area contributed by atoms with Crippen LogP contribution in [0.2, 0.25) is 0 Å². The van der Waals surface area contributed by atoms with E-state index < -0.39 is 0 Å². The molecule has 2 rings (SSSR count). The number of ether oxygens (including phenoxy) is 3. The molecule has 1 aromatic heterocycles. The zero-order valence-corrected chi connectivity index (χ0v) is 16.3. The molecule has 0 aliphatic heterocycles. The highest BCUT2D eigenvalue weighted by atomic mass is 16.5. The van der Waals surface area contributed by atoms with Crippen LogP contribution in [0.25, 0.3) is 0 Å². The van der Waals surface area contributed by atoms with Crippen LogP contribution in [-0.2, 0) is 11.2 Å². The van der Waals surface area contributed by atoms with Crippen molar-refractivity contribution in [3.05, 3.63) is 29.5 Å². The molecular weight excluding hydrogens is 348 g/mol. The summed E-state index contributed by atoms with van der Waals surface area (Å²) in [7, 11) is 4.68. The van der Waals surface area contributed by atoms with Crippen LogP contribution < -0.4 is 25.3 Å². The van der Waals surface area contributed by atoms with Crippen molar-refractivity contribution in [3.63, 3.8) is 0 Å². The summed E-state index contributed by atoms with van der Waals surface area (Å²) in [6, 6.07) is 3.69. The average Bonchev–Trinajstić information content (AvgIpc) is 2.62. The van der Waals surface area contributed by atoms with E-state index in [2.05, 4.69) is 15.3 Å². The van der Waals surface area contributed by atoms with E-state index in [0.717, 1.165) is 11.1 Å². The summed E-state index contributed by atoms with van der Waals surface area (Å²) in [4.78, 5) is 20.2. The lowest BCUT2D eigenvalue weighted by molar-refractivity contribution is -0.116. The van der Waals surface area contributed by atoms with Gasteiger partial charge in [-0.05, 0) is 23.6 Å². The van der Waals surface area contributed by atoms with E-state index >= 15 is 0 Å². The number of rotatable bonds is 8. The summed E-state index contributed by atoms with van der Waals surface area (Å²) in [6.07, 6.45) is 2.48. The molecule has 1 amide bonds. The Morgan fingerprint density at radius 1 is 1.15 bits per heavy atom. The van der Waals surface area contributed by atoms with Gasteiger partial charge in [-0.1, -0.05) is 13.8 Å². The van der Waals surface area contributed by atoms with Crippen LogP contribution in [0.1, 0.15) is 31.4 Å². The Morgan fingerprint density at radius 3 is 2.26 bits per heavy atom. The second kappa shape index (κ2) is 9.07. The molecule has 0 bridgehead atoms. The lowest BCUT2D eigenvalue weighted by Gasteiger charge is -2.14. The summed E-state index contributed by atoms with van der Waals surface area (Å²) in [6.45, 7) is 3.94. The highest BCUT2D eigenvalue weighted by Crippen LogP contribution is 2.38. The van der Waals surface area contributed by atoms with Crippen molar-refractivity contribution in [2.75, 3.05) is 32.4 Å². The molecule has 0 radical (unpaired) electrons. The van der Waals surface area contributed by atoms with Crippen molar-refractivity contribution in [3.8, 4) is 17.2 Å². The number of hydrogen-bond acceptors (Lipinski definition) is 7. The minimum Gasteiger partial charge on any atom is -0.493 e. The molecule has 2 aromatic rings. The molecule has 0 saturated carbocycles. The van der Waals surface area contributed by atoms with Gasteiger partial charge in [0.15, 0.2) is 11.5 Å². The topological polar surface area (TPSA) is 109 Å². The van der Waals surface area contributed by atoms with Gasteiger partial charge in [0.05, 0.1) is 21.3 Å². The van der Waals surface area contributed by atoms with Gasteiger partial charge in [-0.15, -0.1) is 0 Å². The van der Waals surface area contributed by atoms with E-state index in [1.807, 2.05) is 26.0 Å². The maximum absolute atomic E-state index is 11.8. The van der Waals surface area contributed by atoms with E-state index in [1.165, 1.54) is 0 Å². The number of carbonyl (C=O) groups is 1. The van der Waals surface area contributed by atoms with Crippen LogP contribution in [0.5, 0.6) is 17.2 Å². The van der Waals surface area contributed by atoms with Crippen LogP contribution in [0, 0.1) is 5.92 Å². The van der Waals surface area contributed by atoms with E-state index in [4.69, 9.17) is 19.9 Å². The molecule has 0 atom stereocenters. The zero-order valence-electron chi connectivity index (χ0n) is 16.3. The van der Waals surface area contributed by atoms with E-state index in [-0.39, 0.29) is 17.8 Å². The maximum atomic E-state index is 11.8. The van der Waals surface area contributed by atoms with Crippen molar-refractivity contribution >= 4 is 17.7 Å². The normalized spacial score (nSPS) is 10.6. The van der Waals surface area contributed by atoms with Crippen LogP contribution in [-0.4, -0.2) is 37.2 Å². The highest BCUT2D eigenvalue weighted by Gasteiger charge is 2.15. The summed E-state index contributed by atoms with van der Waals surface area (Å²) < 4.78 is 16.1. The quantitative estimate of drug-likeness (QED) is 0.731. The third kappa shape index (κ3) is 5.22. The van der Waals surface area contributed by atoms with Crippen LogP contribution in [0.15, 0.2) is 18.3 Å². The number of nitrogens with zero attached hydrogens (tertiary/aromatic N) is 2. The Bertz CT molecular complexity index is 783. The Labute approximate surface area is 159 Å². The molecule has 3 N–H and O–H groups in total. The fourth-order valence-corrected chi connectivity index (χ4v) is 2.62. The third-order valence-electron chi connectivity index (χ3n) is 3.86. The van der Waals surface area contributed by atoms with E-state index in [0.29, 0.717) is 35.9 Å². The highest BCUT2D eigenvalue weighted by molar-refractivity contribution is 5.89. The Kier molecular flexibility index (Phi) is 6.81. The summed E-state index contributed by atoms with van der Waals surface area (Å²) >= 11 is 0. The van der Waals surface area contributed by atoms with Crippen LogP contribution in [0.3, 0.4) is 0 Å². The second-order valence-corrected chi connectivity index (χ2v) is 6.46. The number of nitrogens with two attached hydrogens (primary N) is 1. The fourth-order valence-electron chi connectivity index (χ4n) is 2.62. The number of carbonyl (C=O) groups excluding carboxylic acids is 1. The molecule has 0 aliphatic carbocycles. The molecule has 146 valence electrons. The standard InChI is InChI=1S/C19H26N4O4/c1-11(2)6-16(24)22-19-21-10-13(18(20)23-19)7-12-8-14(25-3)17(27-5)15(9-12)26-4/h8-11H,6-7H2,1-5H3,(H3,20,21,22,23,24). The number of anilines is 2. The molecule has 8 nitrogen and oxygen atoms in total. The lowest BCUT2D eigenvalue weighted by Crippen LogP contribution is -2.16. The van der Waals surface area contributed by atoms with Gasteiger partial charge in [-0.2, -0.15) is 4.98 Å². The van der Waals surface area contributed by atoms with Crippen molar-refractivity contribution in [2.45, 2.75) is 26.7 Å². The number of amides is 1. The molecule has 27 heavy (non-hydrogen) atoms. The van der Waals surface area contributed by atoms with Crippen molar-refractivity contribution in [1.82, 2.24) is 9.97 Å². The van der Waals surface area contributed by atoms with Gasteiger partial charge in [0.1, 0.15) is 5.82 Å². The first-order valence-electron chi connectivity index (χ1n) is 8.58. The predicted molar refractivity (Wildman–Crippen MR) is 103 cm³/mol. The fraction of sp³-hybridized carbons (Fsp3) is 0.421. The number of benzene rings is 1.